The van der Waals surface area contributed by atoms with Crippen LogP contribution in [0.25, 0.3) is 11.3 Å². The molecule has 0 spiro atoms. The summed E-state index contributed by atoms with van der Waals surface area (Å²) in [6.07, 6.45) is 4.03. The number of nitrogens with zero attached hydrogens (tertiary/aromatic N) is 5. The lowest BCUT2D eigenvalue weighted by molar-refractivity contribution is 0.312. The van der Waals surface area contributed by atoms with E-state index in [4.69, 9.17) is 9.51 Å². The van der Waals surface area contributed by atoms with Gasteiger partial charge in [-0.05, 0) is 64.3 Å². The summed E-state index contributed by atoms with van der Waals surface area (Å²) in [5, 5.41) is 4.05. The van der Waals surface area contributed by atoms with E-state index in [1.165, 1.54) is 6.42 Å². The number of aromatic nitrogens is 4. The minimum atomic E-state index is 0.625. The molecule has 4 heterocycles. The van der Waals surface area contributed by atoms with E-state index < -0.39 is 0 Å². The SMILES string of the molecule is Cc1nccc(CN2CC[C@H](Cc3cccc(-c4c(C)noc4C)n3)C2)n1. The van der Waals surface area contributed by atoms with E-state index in [9.17, 15) is 0 Å². The first kappa shape index (κ1) is 17.8. The van der Waals surface area contributed by atoms with Gasteiger partial charge in [-0.2, -0.15) is 0 Å². The van der Waals surface area contributed by atoms with Crippen molar-refractivity contribution in [2.45, 2.75) is 40.2 Å². The second-order valence-electron chi connectivity index (χ2n) is 7.40. The van der Waals surface area contributed by atoms with E-state index in [1.54, 1.807) is 0 Å². The standard InChI is InChI=1S/C21H25N5O/c1-14-21(15(2)27-25-14)20-6-4-5-18(24-20)11-17-8-10-26(12-17)13-19-7-9-22-16(3)23-19/h4-7,9,17H,8,10-13H2,1-3H3/t17-/m1/s1. The molecule has 6 heteroatoms. The molecule has 1 saturated heterocycles. The van der Waals surface area contributed by atoms with Gasteiger partial charge in [0.25, 0.3) is 0 Å². The zero-order valence-corrected chi connectivity index (χ0v) is 16.1. The second kappa shape index (κ2) is 7.56. The van der Waals surface area contributed by atoms with Crippen LogP contribution in [0.5, 0.6) is 0 Å². The van der Waals surface area contributed by atoms with Gasteiger partial charge >= 0.3 is 0 Å². The first-order chi connectivity index (χ1) is 13.1. The third-order valence-corrected chi connectivity index (χ3v) is 5.18. The predicted molar refractivity (Wildman–Crippen MR) is 103 cm³/mol. The highest BCUT2D eigenvalue weighted by Crippen LogP contribution is 2.27. The minimum Gasteiger partial charge on any atom is -0.361 e. The zero-order valence-electron chi connectivity index (χ0n) is 16.1. The minimum absolute atomic E-state index is 0.625. The van der Waals surface area contributed by atoms with Crippen molar-refractivity contribution in [1.29, 1.82) is 0 Å². The highest BCUT2D eigenvalue weighted by atomic mass is 16.5. The van der Waals surface area contributed by atoms with Crippen LogP contribution < -0.4 is 0 Å². The summed E-state index contributed by atoms with van der Waals surface area (Å²) >= 11 is 0. The highest BCUT2D eigenvalue weighted by Gasteiger charge is 2.24. The van der Waals surface area contributed by atoms with Gasteiger partial charge in [0, 0.05) is 25.0 Å². The van der Waals surface area contributed by atoms with E-state index in [2.05, 4.69) is 32.2 Å². The summed E-state index contributed by atoms with van der Waals surface area (Å²) in [5.41, 5.74) is 5.10. The molecule has 0 N–H and O–H groups in total. The zero-order chi connectivity index (χ0) is 18.8. The van der Waals surface area contributed by atoms with Crippen molar-refractivity contribution in [2.24, 2.45) is 5.92 Å². The molecule has 0 amide bonds. The molecular weight excluding hydrogens is 338 g/mol. The van der Waals surface area contributed by atoms with Crippen molar-refractivity contribution in [3.63, 3.8) is 0 Å². The topological polar surface area (TPSA) is 67.9 Å². The van der Waals surface area contributed by atoms with Gasteiger partial charge in [0.1, 0.15) is 11.6 Å². The fourth-order valence-electron chi connectivity index (χ4n) is 3.92. The number of rotatable bonds is 5. The fourth-order valence-corrected chi connectivity index (χ4v) is 3.92. The molecule has 0 unspecified atom stereocenters. The van der Waals surface area contributed by atoms with Gasteiger partial charge in [0.2, 0.25) is 0 Å². The fraction of sp³-hybridized carbons (Fsp3) is 0.429. The molecule has 0 saturated carbocycles. The first-order valence-corrected chi connectivity index (χ1v) is 9.48. The highest BCUT2D eigenvalue weighted by molar-refractivity contribution is 5.63. The molecule has 3 aromatic heterocycles. The van der Waals surface area contributed by atoms with Gasteiger partial charge in [-0.3, -0.25) is 9.88 Å². The van der Waals surface area contributed by atoms with Crippen LogP contribution in [0.4, 0.5) is 0 Å². The third-order valence-electron chi connectivity index (χ3n) is 5.18. The smallest absolute Gasteiger partial charge is 0.143 e. The van der Waals surface area contributed by atoms with Crippen molar-refractivity contribution in [1.82, 2.24) is 25.0 Å². The van der Waals surface area contributed by atoms with Gasteiger partial charge in [-0.1, -0.05) is 11.2 Å². The molecule has 1 atom stereocenters. The monoisotopic (exact) mass is 363 g/mol. The van der Waals surface area contributed by atoms with E-state index in [0.717, 1.165) is 66.0 Å². The molecule has 27 heavy (non-hydrogen) atoms. The maximum absolute atomic E-state index is 5.29. The van der Waals surface area contributed by atoms with Gasteiger partial charge < -0.3 is 4.52 Å². The van der Waals surface area contributed by atoms with Crippen molar-refractivity contribution < 1.29 is 4.52 Å². The van der Waals surface area contributed by atoms with E-state index in [0.29, 0.717) is 5.92 Å². The summed E-state index contributed by atoms with van der Waals surface area (Å²) in [6, 6.07) is 8.25. The number of hydrogen-bond donors (Lipinski definition) is 0. The second-order valence-corrected chi connectivity index (χ2v) is 7.40. The first-order valence-electron chi connectivity index (χ1n) is 9.48. The Kier molecular flexibility index (Phi) is 4.99. The Morgan fingerprint density at radius 3 is 2.78 bits per heavy atom. The Morgan fingerprint density at radius 2 is 2.00 bits per heavy atom. The van der Waals surface area contributed by atoms with Gasteiger partial charge in [0.15, 0.2) is 0 Å². The van der Waals surface area contributed by atoms with Crippen LogP contribution in [0.3, 0.4) is 0 Å². The summed E-state index contributed by atoms with van der Waals surface area (Å²) in [5.74, 6) is 2.29. The Morgan fingerprint density at radius 1 is 1.11 bits per heavy atom. The molecule has 1 fully saturated rings. The average Bonchev–Trinajstić information content (AvgIpc) is 3.21. The average molecular weight is 363 g/mol. The normalized spacial score (nSPS) is 17.5. The van der Waals surface area contributed by atoms with E-state index >= 15 is 0 Å². The summed E-state index contributed by atoms with van der Waals surface area (Å²) in [4.78, 5) is 16.1. The maximum Gasteiger partial charge on any atom is 0.143 e. The molecule has 0 radical (unpaired) electrons. The number of aryl methyl sites for hydroxylation is 3. The number of likely N-dealkylation sites (tertiary alicyclic amines) is 1. The predicted octanol–water partition coefficient (Wildman–Crippen LogP) is 3.52. The summed E-state index contributed by atoms with van der Waals surface area (Å²) in [6.45, 7) is 8.93. The summed E-state index contributed by atoms with van der Waals surface area (Å²) in [7, 11) is 0. The molecule has 3 aromatic rings. The lowest BCUT2D eigenvalue weighted by atomic mass is 10.0. The van der Waals surface area contributed by atoms with Crippen molar-refractivity contribution in [3.05, 3.63) is 59.1 Å². The molecular formula is C21H25N5O. The van der Waals surface area contributed by atoms with Crippen molar-refractivity contribution in [3.8, 4) is 11.3 Å². The number of hydrogen-bond acceptors (Lipinski definition) is 6. The number of pyridine rings is 1. The van der Waals surface area contributed by atoms with E-state index in [1.807, 2.05) is 39.1 Å². The van der Waals surface area contributed by atoms with Gasteiger partial charge in [-0.25, -0.2) is 9.97 Å². The van der Waals surface area contributed by atoms with Gasteiger partial charge in [0.05, 0.1) is 22.6 Å². The van der Waals surface area contributed by atoms with Crippen LogP contribution in [0.15, 0.2) is 35.0 Å². The molecule has 140 valence electrons. The largest absolute Gasteiger partial charge is 0.361 e. The summed E-state index contributed by atoms with van der Waals surface area (Å²) < 4.78 is 5.29. The van der Waals surface area contributed by atoms with Crippen LogP contribution in [0, 0.1) is 26.7 Å². The molecule has 0 bridgehead atoms. The molecule has 4 rings (SSSR count). The quantitative estimate of drug-likeness (QED) is 0.691. The van der Waals surface area contributed by atoms with Crippen molar-refractivity contribution >= 4 is 0 Å². The molecule has 1 aliphatic rings. The van der Waals surface area contributed by atoms with Crippen LogP contribution in [-0.4, -0.2) is 38.1 Å². The Bertz CT molecular complexity index is 916. The van der Waals surface area contributed by atoms with Crippen LogP contribution in [0.2, 0.25) is 0 Å². The van der Waals surface area contributed by atoms with Crippen LogP contribution in [-0.2, 0) is 13.0 Å². The van der Waals surface area contributed by atoms with E-state index in [-0.39, 0.29) is 0 Å². The lowest BCUT2D eigenvalue weighted by Crippen LogP contribution is -2.21. The lowest BCUT2D eigenvalue weighted by Gasteiger charge is -2.15. The maximum atomic E-state index is 5.29. The Hall–Kier alpha value is -2.60. The third kappa shape index (κ3) is 4.06. The Labute approximate surface area is 159 Å². The van der Waals surface area contributed by atoms with Crippen LogP contribution in [0.1, 0.15) is 35.1 Å². The molecule has 1 aliphatic heterocycles. The molecule has 0 aromatic carbocycles. The van der Waals surface area contributed by atoms with Crippen LogP contribution >= 0.6 is 0 Å². The van der Waals surface area contributed by atoms with Crippen molar-refractivity contribution in [2.75, 3.05) is 13.1 Å². The Balaban J connectivity index is 1.41. The molecule has 0 aliphatic carbocycles. The molecule has 6 nitrogen and oxygen atoms in total. The van der Waals surface area contributed by atoms with Gasteiger partial charge in [-0.15, -0.1) is 0 Å².